The second kappa shape index (κ2) is 6.63. The summed E-state index contributed by atoms with van der Waals surface area (Å²) in [5.74, 6) is 0.215. The Morgan fingerprint density at radius 1 is 1.30 bits per heavy atom. The van der Waals surface area contributed by atoms with Gasteiger partial charge in [-0.3, -0.25) is 4.79 Å². The number of hydrogen-bond acceptors (Lipinski definition) is 3. The Hall–Kier alpha value is -1.72. The Morgan fingerprint density at radius 3 is 2.80 bits per heavy atom. The van der Waals surface area contributed by atoms with Gasteiger partial charge in [-0.1, -0.05) is 23.7 Å². The number of benzene rings is 2. The smallest absolute Gasteiger partial charge is 0.262 e. The lowest BCUT2D eigenvalue weighted by molar-refractivity contribution is -0.118. The minimum atomic E-state index is -0.299. The number of nitrogens with one attached hydrogen (secondary N) is 1. The van der Waals surface area contributed by atoms with E-state index < -0.39 is 0 Å². The molecule has 0 spiro atoms. The lowest BCUT2D eigenvalue weighted by Crippen LogP contribution is -2.20. The summed E-state index contributed by atoms with van der Waals surface area (Å²) in [7, 11) is 0. The van der Waals surface area contributed by atoms with Crippen LogP contribution in [0.15, 0.2) is 46.9 Å². The van der Waals surface area contributed by atoms with Gasteiger partial charge in [-0.25, -0.2) is 0 Å². The number of amides is 1. The van der Waals surface area contributed by atoms with Crippen molar-refractivity contribution in [2.75, 3.05) is 17.7 Å². The van der Waals surface area contributed by atoms with E-state index in [9.17, 15) is 4.79 Å². The molecule has 3 N–H and O–H groups in total. The van der Waals surface area contributed by atoms with Crippen molar-refractivity contribution in [1.82, 2.24) is 0 Å². The number of halogens is 2. The largest absolute Gasteiger partial charge is 0.483 e. The molecule has 0 bridgehead atoms. The fourth-order valence-electron chi connectivity index (χ4n) is 1.52. The van der Waals surface area contributed by atoms with E-state index >= 15 is 0 Å². The predicted molar refractivity (Wildman–Crippen MR) is 84.1 cm³/mol. The van der Waals surface area contributed by atoms with E-state index in [4.69, 9.17) is 22.1 Å². The summed E-state index contributed by atoms with van der Waals surface area (Å²) in [4.78, 5) is 11.8. The van der Waals surface area contributed by atoms with E-state index in [1.54, 1.807) is 42.5 Å². The van der Waals surface area contributed by atoms with Gasteiger partial charge in [0.25, 0.3) is 5.91 Å². The van der Waals surface area contributed by atoms with Crippen LogP contribution in [0.25, 0.3) is 0 Å². The molecule has 6 heteroatoms. The summed E-state index contributed by atoms with van der Waals surface area (Å²) >= 11 is 9.28. The number of anilines is 2. The Kier molecular flexibility index (Phi) is 4.87. The standard InChI is InChI=1S/C14H12BrClN2O2/c15-10-6-5-9(17)7-13(10)20-8-14(19)18-12-4-2-1-3-11(12)16/h1-7H,8,17H2,(H,18,19). The third kappa shape index (κ3) is 3.88. The van der Waals surface area contributed by atoms with E-state index in [0.717, 1.165) is 4.47 Å². The Labute approximate surface area is 130 Å². The molecule has 0 radical (unpaired) electrons. The molecule has 0 atom stereocenters. The summed E-state index contributed by atoms with van der Waals surface area (Å²) < 4.78 is 6.14. The zero-order chi connectivity index (χ0) is 14.5. The highest BCUT2D eigenvalue weighted by atomic mass is 79.9. The second-order valence-corrected chi connectivity index (χ2v) is 5.27. The molecule has 1 amide bonds. The van der Waals surface area contributed by atoms with E-state index in [0.29, 0.717) is 22.1 Å². The molecule has 0 fully saturated rings. The Morgan fingerprint density at radius 2 is 2.05 bits per heavy atom. The number of hydrogen-bond donors (Lipinski definition) is 2. The highest BCUT2D eigenvalue weighted by Crippen LogP contribution is 2.27. The van der Waals surface area contributed by atoms with Crippen LogP contribution in [-0.2, 0) is 4.79 Å². The van der Waals surface area contributed by atoms with Crippen LogP contribution in [0.2, 0.25) is 5.02 Å². The zero-order valence-corrected chi connectivity index (χ0v) is 12.7. The molecule has 0 aliphatic heterocycles. The molecule has 0 saturated heterocycles. The first-order valence-electron chi connectivity index (χ1n) is 5.78. The van der Waals surface area contributed by atoms with Crippen molar-refractivity contribution in [3.63, 3.8) is 0 Å². The lowest BCUT2D eigenvalue weighted by Gasteiger charge is -2.10. The van der Waals surface area contributed by atoms with Gasteiger partial charge in [-0.05, 0) is 40.2 Å². The number of ether oxygens (including phenoxy) is 1. The summed E-state index contributed by atoms with van der Waals surface area (Å²) in [6.07, 6.45) is 0. The van der Waals surface area contributed by atoms with E-state index in [1.807, 2.05) is 0 Å². The van der Waals surface area contributed by atoms with Crippen molar-refractivity contribution in [3.8, 4) is 5.75 Å². The highest BCUT2D eigenvalue weighted by Gasteiger charge is 2.08. The summed E-state index contributed by atoms with van der Waals surface area (Å²) in [5.41, 5.74) is 6.77. The molecular formula is C14H12BrClN2O2. The zero-order valence-electron chi connectivity index (χ0n) is 10.4. The Balaban J connectivity index is 1.96. The predicted octanol–water partition coefficient (Wildman–Crippen LogP) is 3.70. The van der Waals surface area contributed by atoms with Crippen LogP contribution in [0.1, 0.15) is 0 Å². The van der Waals surface area contributed by atoms with Gasteiger partial charge in [0.05, 0.1) is 15.2 Å². The van der Waals surface area contributed by atoms with Gasteiger partial charge >= 0.3 is 0 Å². The van der Waals surface area contributed by atoms with Gasteiger partial charge in [-0.15, -0.1) is 0 Å². The molecule has 0 aliphatic rings. The third-order valence-electron chi connectivity index (χ3n) is 2.46. The van der Waals surface area contributed by atoms with Crippen LogP contribution in [0.3, 0.4) is 0 Å². The number of para-hydroxylation sites is 1. The number of rotatable bonds is 4. The van der Waals surface area contributed by atoms with Crippen LogP contribution in [0.4, 0.5) is 11.4 Å². The lowest BCUT2D eigenvalue weighted by atomic mass is 10.3. The van der Waals surface area contributed by atoms with Gasteiger partial charge in [0, 0.05) is 11.8 Å². The molecular weight excluding hydrogens is 344 g/mol. The quantitative estimate of drug-likeness (QED) is 0.822. The fourth-order valence-corrected chi connectivity index (χ4v) is 2.07. The van der Waals surface area contributed by atoms with E-state index in [-0.39, 0.29) is 12.5 Å². The average molecular weight is 356 g/mol. The molecule has 2 aromatic carbocycles. The topological polar surface area (TPSA) is 64.3 Å². The maximum absolute atomic E-state index is 11.8. The summed E-state index contributed by atoms with van der Waals surface area (Å²) in [6, 6.07) is 12.1. The molecule has 0 aromatic heterocycles. The summed E-state index contributed by atoms with van der Waals surface area (Å²) in [6.45, 7) is -0.132. The molecule has 20 heavy (non-hydrogen) atoms. The molecule has 104 valence electrons. The first kappa shape index (κ1) is 14.7. The SMILES string of the molecule is Nc1ccc(Br)c(OCC(=O)Nc2ccccc2Cl)c1. The summed E-state index contributed by atoms with van der Waals surface area (Å²) in [5, 5.41) is 3.15. The van der Waals surface area contributed by atoms with Crippen LogP contribution in [0.5, 0.6) is 5.75 Å². The number of nitrogens with two attached hydrogens (primary N) is 1. The van der Waals surface area contributed by atoms with Crippen LogP contribution in [-0.4, -0.2) is 12.5 Å². The van der Waals surface area contributed by atoms with Crippen molar-refractivity contribution in [2.45, 2.75) is 0 Å². The van der Waals surface area contributed by atoms with Crippen LogP contribution in [0, 0.1) is 0 Å². The highest BCUT2D eigenvalue weighted by molar-refractivity contribution is 9.10. The fraction of sp³-hybridized carbons (Fsp3) is 0.0714. The third-order valence-corrected chi connectivity index (χ3v) is 3.45. The first-order chi connectivity index (χ1) is 9.56. The Bertz CT molecular complexity index is 634. The normalized spacial score (nSPS) is 10.1. The minimum absolute atomic E-state index is 0.132. The van der Waals surface area contributed by atoms with Gasteiger partial charge in [0.15, 0.2) is 6.61 Å². The molecule has 4 nitrogen and oxygen atoms in total. The van der Waals surface area contributed by atoms with Crippen molar-refractivity contribution in [3.05, 3.63) is 52.0 Å². The maximum atomic E-state index is 11.8. The number of nitrogen functional groups attached to an aromatic ring is 1. The van der Waals surface area contributed by atoms with Gasteiger partial charge < -0.3 is 15.8 Å². The van der Waals surface area contributed by atoms with Crippen LogP contribution >= 0.6 is 27.5 Å². The molecule has 0 aliphatic carbocycles. The number of carbonyl (C=O) groups is 1. The van der Waals surface area contributed by atoms with Crippen molar-refractivity contribution in [2.24, 2.45) is 0 Å². The van der Waals surface area contributed by atoms with E-state index in [1.165, 1.54) is 0 Å². The van der Waals surface area contributed by atoms with Crippen molar-refractivity contribution in [1.29, 1.82) is 0 Å². The van der Waals surface area contributed by atoms with Gasteiger partial charge in [0.1, 0.15) is 5.75 Å². The van der Waals surface area contributed by atoms with Gasteiger partial charge in [-0.2, -0.15) is 0 Å². The van der Waals surface area contributed by atoms with Crippen molar-refractivity contribution >= 4 is 44.8 Å². The molecule has 0 unspecified atom stereocenters. The number of carbonyl (C=O) groups excluding carboxylic acids is 1. The molecule has 0 heterocycles. The van der Waals surface area contributed by atoms with Gasteiger partial charge in [0.2, 0.25) is 0 Å². The minimum Gasteiger partial charge on any atom is -0.483 e. The average Bonchev–Trinajstić information content (AvgIpc) is 2.42. The first-order valence-corrected chi connectivity index (χ1v) is 6.95. The van der Waals surface area contributed by atoms with E-state index in [2.05, 4.69) is 21.2 Å². The second-order valence-electron chi connectivity index (χ2n) is 4.01. The molecule has 0 saturated carbocycles. The maximum Gasteiger partial charge on any atom is 0.262 e. The molecule has 2 aromatic rings. The molecule has 2 rings (SSSR count). The van der Waals surface area contributed by atoms with Crippen molar-refractivity contribution < 1.29 is 9.53 Å². The van der Waals surface area contributed by atoms with Crippen LogP contribution < -0.4 is 15.8 Å². The monoisotopic (exact) mass is 354 g/mol.